The Labute approximate surface area is 178 Å². The number of hydrogen-bond donors (Lipinski definition) is 0. The summed E-state index contributed by atoms with van der Waals surface area (Å²) >= 11 is 0. The van der Waals surface area contributed by atoms with Crippen LogP contribution >= 0.6 is 0 Å². The van der Waals surface area contributed by atoms with Crippen molar-refractivity contribution in [2.24, 2.45) is 5.92 Å². The third-order valence-electron chi connectivity index (χ3n) is 5.92. The van der Waals surface area contributed by atoms with Gasteiger partial charge in [0.25, 0.3) is 0 Å². The Morgan fingerprint density at radius 1 is 1.17 bits per heavy atom. The predicted octanol–water partition coefficient (Wildman–Crippen LogP) is 5.09. The summed E-state index contributed by atoms with van der Waals surface area (Å²) in [5.41, 5.74) is -0.615. The molecule has 0 aromatic heterocycles. The average Bonchev–Trinajstić information content (AvgIpc) is 2.50. The van der Waals surface area contributed by atoms with Gasteiger partial charge in [-0.25, -0.2) is 4.79 Å². The highest BCUT2D eigenvalue weighted by molar-refractivity contribution is 6.74. The van der Waals surface area contributed by atoms with Crippen molar-refractivity contribution >= 4 is 20.2 Å². The van der Waals surface area contributed by atoms with E-state index in [9.17, 15) is 9.59 Å². The minimum absolute atomic E-state index is 0.0548. The van der Waals surface area contributed by atoms with Gasteiger partial charge in [0.2, 0.25) is 5.91 Å². The van der Waals surface area contributed by atoms with Crippen molar-refractivity contribution in [3.63, 3.8) is 0 Å². The number of rotatable bonds is 9. The van der Waals surface area contributed by atoms with Crippen LogP contribution in [0.4, 0.5) is 0 Å². The molecule has 1 heterocycles. The van der Waals surface area contributed by atoms with E-state index in [0.717, 1.165) is 0 Å². The number of amides is 1. The first-order valence-electron chi connectivity index (χ1n) is 10.5. The van der Waals surface area contributed by atoms with Gasteiger partial charge in [0, 0.05) is 0 Å². The summed E-state index contributed by atoms with van der Waals surface area (Å²) in [7, 11) is -2.02. The molecule has 1 rings (SSSR count). The molecule has 0 radical (unpaired) electrons. The number of β-lactam (4-membered cyclic amide) rings is 1. The summed E-state index contributed by atoms with van der Waals surface area (Å²) < 4.78 is 12.1. The van der Waals surface area contributed by atoms with E-state index in [1.54, 1.807) is 17.1 Å². The van der Waals surface area contributed by atoms with Gasteiger partial charge in [-0.05, 0) is 58.7 Å². The van der Waals surface area contributed by atoms with E-state index >= 15 is 0 Å². The maximum atomic E-state index is 13.2. The van der Waals surface area contributed by atoms with E-state index in [1.165, 1.54) is 0 Å². The van der Waals surface area contributed by atoms with Gasteiger partial charge in [-0.3, -0.25) is 4.79 Å². The Morgan fingerprint density at radius 2 is 1.72 bits per heavy atom. The second-order valence-electron chi connectivity index (χ2n) is 10.5. The molecule has 1 saturated heterocycles. The van der Waals surface area contributed by atoms with E-state index in [1.807, 2.05) is 27.7 Å². The Balaban J connectivity index is 3.10. The van der Waals surface area contributed by atoms with Gasteiger partial charge < -0.3 is 14.1 Å². The van der Waals surface area contributed by atoms with Crippen molar-refractivity contribution in [1.29, 1.82) is 0 Å². The number of ether oxygens (including phenoxy) is 1. The maximum Gasteiger partial charge on any atom is 0.329 e. The highest BCUT2D eigenvalue weighted by atomic mass is 28.4. The van der Waals surface area contributed by atoms with Crippen molar-refractivity contribution in [2.75, 3.05) is 0 Å². The molecule has 5 nitrogen and oxygen atoms in total. The van der Waals surface area contributed by atoms with Gasteiger partial charge in [0.15, 0.2) is 8.32 Å². The highest BCUT2D eigenvalue weighted by Crippen LogP contribution is 2.42. The van der Waals surface area contributed by atoms with Crippen LogP contribution in [0.25, 0.3) is 0 Å². The molecule has 29 heavy (non-hydrogen) atoms. The summed E-state index contributed by atoms with van der Waals surface area (Å²) in [4.78, 5) is 27.7. The third kappa shape index (κ3) is 6.04. The lowest BCUT2D eigenvalue weighted by Crippen LogP contribution is -2.69. The second-order valence-corrected chi connectivity index (χ2v) is 15.3. The van der Waals surface area contributed by atoms with E-state index in [0.29, 0.717) is 12.8 Å². The van der Waals surface area contributed by atoms with Gasteiger partial charge >= 0.3 is 5.97 Å². The van der Waals surface area contributed by atoms with E-state index in [4.69, 9.17) is 9.16 Å². The van der Waals surface area contributed by atoms with Crippen LogP contribution in [0.5, 0.6) is 0 Å². The van der Waals surface area contributed by atoms with Crippen LogP contribution < -0.4 is 0 Å². The summed E-state index contributed by atoms with van der Waals surface area (Å²) in [6.45, 7) is 26.0. The van der Waals surface area contributed by atoms with Gasteiger partial charge in [-0.15, -0.1) is 13.2 Å². The number of carbonyl (C=O) groups excluding carboxylic acids is 2. The SMILES string of the molecule is C=CCC(C(=O)OC(C)(C)C)N1C(=O)[C@H]([C@@H](C)O[Si](C)(C)C(C)(C)C)[C@H]1CC=C. The quantitative estimate of drug-likeness (QED) is 0.224. The minimum atomic E-state index is -2.02. The number of esters is 1. The molecule has 0 aromatic carbocycles. The van der Waals surface area contributed by atoms with Gasteiger partial charge in [0.05, 0.1) is 18.1 Å². The van der Waals surface area contributed by atoms with Crippen molar-refractivity contribution < 1.29 is 18.8 Å². The van der Waals surface area contributed by atoms with Crippen molar-refractivity contribution in [2.45, 2.75) is 103 Å². The average molecular weight is 424 g/mol. The topological polar surface area (TPSA) is 55.8 Å². The summed E-state index contributed by atoms with van der Waals surface area (Å²) in [5.74, 6) is -0.728. The molecule has 4 atom stereocenters. The molecule has 0 spiro atoms. The fraction of sp³-hybridized carbons (Fsp3) is 0.739. The van der Waals surface area contributed by atoms with E-state index in [2.05, 4.69) is 47.0 Å². The largest absolute Gasteiger partial charge is 0.458 e. The number of likely N-dealkylation sites (tertiary alicyclic amines) is 1. The van der Waals surface area contributed by atoms with Crippen molar-refractivity contribution in [3.8, 4) is 0 Å². The molecule has 6 heteroatoms. The molecule has 0 bridgehead atoms. The van der Waals surface area contributed by atoms with Crippen molar-refractivity contribution in [3.05, 3.63) is 25.3 Å². The molecule has 166 valence electrons. The van der Waals surface area contributed by atoms with Crippen LogP contribution in [0.1, 0.15) is 61.3 Å². The molecule has 1 unspecified atom stereocenters. The van der Waals surface area contributed by atoms with Crippen LogP contribution in [0.15, 0.2) is 25.3 Å². The summed E-state index contributed by atoms with van der Waals surface area (Å²) in [6.07, 6.45) is 4.22. The van der Waals surface area contributed by atoms with Crippen LogP contribution in [0, 0.1) is 5.92 Å². The van der Waals surface area contributed by atoms with Crippen molar-refractivity contribution in [1.82, 2.24) is 4.90 Å². The highest BCUT2D eigenvalue weighted by Gasteiger charge is 2.55. The first-order valence-corrected chi connectivity index (χ1v) is 13.4. The molecule has 1 fully saturated rings. The first-order chi connectivity index (χ1) is 13.1. The second kappa shape index (κ2) is 9.17. The molecular formula is C23H41NO4Si. The monoisotopic (exact) mass is 423 g/mol. The maximum absolute atomic E-state index is 13.2. The fourth-order valence-electron chi connectivity index (χ4n) is 3.49. The third-order valence-corrected chi connectivity index (χ3v) is 10.5. The zero-order valence-electron chi connectivity index (χ0n) is 19.9. The first kappa shape index (κ1) is 25.6. The zero-order valence-corrected chi connectivity index (χ0v) is 20.9. The lowest BCUT2D eigenvalue weighted by Gasteiger charge is -2.53. The molecule has 1 aliphatic rings. The van der Waals surface area contributed by atoms with Crippen LogP contribution in [-0.2, 0) is 18.8 Å². The number of carbonyl (C=O) groups is 2. The molecule has 0 aromatic rings. The lowest BCUT2D eigenvalue weighted by molar-refractivity contribution is -0.182. The molecule has 0 aliphatic carbocycles. The van der Waals surface area contributed by atoms with Gasteiger partial charge in [-0.2, -0.15) is 0 Å². The Hall–Kier alpha value is -1.40. The standard InChI is InChI=1S/C23H41NO4Si/c1-12-14-17-19(16(3)28-29(10,11)23(7,8)9)20(25)24(17)18(15-13-2)21(26)27-22(4,5)6/h12-13,16-19H,1-2,14-15H2,3-11H3/t16-,17-,18?,19-/m1/s1. The molecular weight excluding hydrogens is 382 g/mol. The summed E-state index contributed by atoms with van der Waals surface area (Å²) in [5, 5.41) is 0.0591. The van der Waals surface area contributed by atoms with E-state index < -0.39 is 25.9 Å². The Morgan fingerprint density at radius 3 is 2.14 bits per heavy atom. The lowest BCUT2D eigenvalue weighted by atomic mass is 9.79. The number of hydrogen-bond acceptors (Lipinski definition) is 4. The summed E-state index contributed by atoms with van der Waals surface area (Å²) in [6, 6.07) is -0.794. The van der Waals surface area contributed by atoms with Gasteiger partial charge in [0.1, 0.15) is 11.6 Å². The normalized spacial score (nSPS) is 22.5. The van der Waals surface area contributed by atoms with E-state index in [-0.39, 0.29) is 29.0 Å². The number of nitrogens with zero attached hydrogens (tertiary/aromatic N) is 1. The molecule has 0 saturated carbocycles. The molecule has 1 aliphatic heterocycles. The predicted molar refractivity (Wildman–Crippen MR) is 121 cm³/mol. The molecule has 0 N–H and O–H groups in total. The minimum Gasteiger partial charge on any atom is -0.458 e. The zero-order chi connectivity index (χ0) is 22.8. The van der Waals surface area contributed by atoms with Crippen LogP contribution in [-0.4, -0.2) is 48.9 Å². The Bertz CT molecular complexity index is 630. The Kier molecular flexibility index (Phi) is 8.10. The fourth-order valence-corrected chi connectivity index (χ4v) is 4.92. The molecule has 1 amide bonds. The smallest absolute Gasteiger partial charge is 0.329 e. The van der Waals surface area contributed by atoms with Crippen LogP contribution in [0.3, 0.4) is 0 Å². The van der Waals surface area contributed by atoms with Crippen LogP contribution in [0.2, 0.25) is 18.1 Å². The van der Waals surface area contributed by atoms with Gasteiger partial charge in [-0.1, -0.05) is 32.9 Å².